The molecule has 0 spiro atoms. The number of hydrogen-bond donors (Lipinski definition) is 0. The van der Waals surface area contributed by atoms with Crippen LogP contribution in [0.15, 0.2) is 34.4 Å². The third-order valence-electron chi connectivity index (χ3n) is 2.73. The molecule has 0 saturated heterocycles. The Morgan fingerprint density at radius 2 is 1.06 bits per heavy atom. The first-order valence-electron chi connectivity index (χ1n) is 5.10. The zero-order chi connectivity index (χ0) is 10.6. The SMILES string of the molecule is CC1=[C-]CC=C1C.CC1=[C-]CC=C1C.Cl.Cl.[Hf]. The van der Waals surface area contributed by atoms with Crippen molar-refractivity contribution in [3.63, 3.8) is 0 Å². The van der Waals surface area contributed by atoms with Gasteiger partial charge in [0, 0.05) is 25.8 Å². The minimum Gasteiger partial charge on any atom is -0.270 e. The first-order chi connectivity index (χ1) is 6.61. The van der Waals surface area contributed by atoms with Gasteiger partial charge in [0.05, 0.1) is 0 Å². The average molecular weight is 438 g/mol. The van der Waals surface area contributed by atoms with Crippen LogP contribution in [0.3, 0.4) is 0 Å². The molecule has 0 aromatic carbocycles. The van der Waals surface area contributed by atoms with Crippen LogP contribution in [0.1, 0.15) is 40.5 Å². The summed E-state index contributed by atoms with van der Waals surface area (Å²) in [6, 6.07) is 0. The minimum absolute atomic E-state index is 0. The van der Waals surface area contributed by atoms with E-state index in [4.69, 9.17) is 0 Å². The molecule has 96 valence electrons. The van der Waals surface area contributed by atoms with Crippen LogP contribution in [0, 0.1) is 12.2 Å². The molecule has 0 saturated carbocycles. The normalized spacial score (nSPS) is 15.8. The van der Waals surface area contributed by atoms with Crippen LogP contribution < -0.4 is 0 Å². The van der Waals surface area contributed by atoms with Crippen LogP contribution in [0.4, 0.5) is 0 Å². The van der Waals surface area contributed by atoms with Gasteiger partial charge >= 0.3 is 0 Å². The Hall–Kier alpha value is 0.410. The Labute approximate surface area is 137 Å². The Balaban J connectivity index is -0.000000196. The van der Waals surface area contributed by atoms with Gasteiger partial charge in [-0.2, -0.15) is 12.2 Å². The summed E-state index contributed by atoms with van der Waals surface area (Å²) < 4.78 is 0. The Kier molecular flexibility index (Phi) is 15.3. The monoisotopic (exact) mass is 438 g/mol. The maximum Gasteiger partial charge on any atom is 0 e. The smallest absolute Gasteiger partial charge is 0 e. The summed E-state index contributed by atoms with van der Waals surface area (Å²) in [5.41, 5.74) is 5.42. The van der Waals surface area contributed by atoms with E-state index in [1.807, 2.05) is 0 Å². The standard InChI is InChI=1S/2C7H9.2ClH.Hf/c2*1-6-4-3-5-7(6)2;;;/h2*4H,3H2,1-2H3;2*1H;/q2*-1;;;. The molecule has 0 nitrogen and oxygen atoms in total. The molecule has 3 heteroatoms. The molecule has 0 heterocycles. The molecule has 0 aromatic rings. The van der Waals surface area contributed by atoms with E-state index >= 15 is 0 Å². The first-order valence-corrected chi connectivity index (χ1v) is 5.10. The fraction of sp³-hybridized carbons (Fsp3) is 0.429. The van der Waals surface area contributed by atoms with E-state index in [0.717, 1.165) is 12.8 Å². The molecule has 0 aliphatic heterocycles. The largest absolute Gasteiger partial charge is 0.270 e. The van der Waals surface area contributed by atoms with Crippen LogP contribution in [-0.2, 0) is 25.8 Å². The minimum atomic E-state index is 0. The number of rotatable bonds is 0. The van der Waals surface area contributed by atoms with Crippen molar-refractivity contribution in [1.82, 2.24) is 0 Å². The van der Waals surface area contributed by atoms with Crippen molar-refractivity contribution in [3.8, 4) is 0 Å². The van der Waals surface area contributed by atoms with Crippen molar-refractivity contribution in [3.05, 3.63) is 46.6 Å². The summed E-state index contributed by atoms with van der Waals surface area (Å²) >= 11 is 0. The van der Waals surface area contributed by atoms with E-state index in [9.17, 15) is 0 Å². The van der Waals surface area contributed by atoms with E-state index in [2.05, 4.69) is 52.0 Å². The maximum atomic E-state index is 3.19. The summed E-state index contributed by atoms with van der Waals surface area (Å²) in [4.78, 5) is 0. The Morgan fingerprint density at radius 1 is 0.765 bits per heavy atom. The van der Waals surface area contributed by atoms with Crippen LogP contribution >= 0.6 is 24.8 Å². The summed E-state index contributed by atoms with van der Waals surface area (Å²) in [5.74, 6) is 0. The maximum absolute atomic E-state index is 3.19. The van der Waals surface area contributed by atoms with Crippen LogP contribution in [0.2, 0.25) is 0 Å². The predicted molar refractivity (Wildman–Crippen MR) is 76.1 cm³/mol. The molecule has 0 unspecified atom stereocenters. The van der Waals surface area contributed by atoms with Crippen LogP contribution in [-0.4, -0.2) is 0 Å². The number of allylic oxidation sites excluding steroid dienone is 8. The molecule has 0 radical (unpaired) electrons. The van der Waals surface area contributed by atoms with Gasteiger partial charge in [-0.05, 0) is 0 Å². The molecule has 0 bridgehead atoms. The molecule has 0 fully saturated rings. The molecule has 0 atom stereocenters. The van der Waals surface area contributed by atoms with E-state index in [-0.39, 0.29) is 50.7 Å². The van der Waals surface area contributed by atoms with Gasteiger partial charge in [-0.25, -0.2) is 22.3 Å². The molecular formula is C14H20Cl2Hf-2. The van der Waals surface area contributed by atoms with Gasteiger partial charge in [0.25, 0.3) is 0 Å². The third-order valence-corrected chi connectivity index (χ3v) is 2.73. The molecule has 2 aliphatic rings. The van der Waals surface area contributed by atoms with Crippen molar-refractivity contribution in [1.29, 1.82) is 0 Å². The van der Waals surface area contributed by atoms with Gasteiger partial charge in [0.2, 0.25) is 0 Å². The van der Waals surface area contributed by atoms with Gasteiger partial charge in [-0.3, -0.25) is 12.2 Å². The van der Waals surface area contributed by atoms with Gasteiger partial charge < -0.3 is 0 Å². The first kappa shape index (κ1) is 22.6. The second-order valence-corrected chi connectivity index (χ2v) is 3.79. The van der Waals surface area contributed by atoms with Crippen molar-refractivity contribution >= 4 is 24.8 Å². The molecule has 0 amide bonds. The van der Waals surface area contributed by atoms with Crippen LogP contribution in [0.5, 0.6) is 0 Å². The van der Waals surface area contributed by atoms with Gasteiger partial charge in [0.15, 0.2) is 0 Å². The molecule has 2 aliphatic carbocycles. The Bertz CT molecular complexity index is 270. The molecule has 0 aromatic heterocycles. The van der Waals surface area contributed by atoms with E-state index in [1.54, 1.807) is 0 Å². The van der Waals surface area contributed by atoms with Gasteiger partial charge in [-0.1, -0.05) is 13.8 Å². The number of halogens is 2. The Morgan fingerprint density at radius 3 is 1.12 bits per heavy atom. The topological polar surface area (TPSA) is 0 Å². The van der Waals surface area contributed by atoms with Gasteiger partial charge in [0.1, 0.15) is 0 Å². The summed E-state index contributed by atoms with van der Waals surface area (Å²) in [5, 5.41) is 0. The van der Waals surface area contributed by atoms with Crippen molar-refractivity contribution in [2.75, 3.05) is 0 Å². The fourth-order valence-electron chi connectivity index (χ4n) is 1.30. The number of hydrogen-bond acceptors (Lipinski definition) is 0. The summed E-state index contributed by atoms with van der Waals surface area (Å²) in [7, 11) is 0. The third kappa shape index (κ3) is 8.18. The van der Waals surface area contributed by atoms with Crippen molar-refractivity contribution < 1.29 is 25.8 Å². The van der Waals surface area contributed by atoms with Crippen molar-refractivity contribution in [2.24, 2.45) is 0 Å². The van der Waals surface area contributed by atoms with Crippen LogP contribution in [0.25, 0.3) is 0 Å². The van der Waals surface area contributed by atoms with E-state index < -0.39 is 0 Å². The van der Waals surface area contributed by atoms with Gasteiger partial charge in [-0.15, -0.1) is 51.5 Å². The van der Waals surface area contributed by atoms with Crippen molar-refractivity contribution in [2.45, 2.75) is 40.5 Å². The zero-order valence-electron chi connectivity index (χ0n) is 10.9. The summed E-state index contributed by atoms with van der Waals surface area (Å²) in [6.07, 6.45) is 12.8. The second kappa shape index (κ2) is 11.5. The summed E-state index contributed by atoms with van der Waals surface area (Å²) in [6.45, 7) is 8.43. The average Bonchev–Trinajstić information content (AvgIpc) is 2.67. The van der Waals surface area contributed by atoms with E-state index in [0.29, 0.717) is 0 Å². The molecule has 2 rings (SSSR count). The quantitative estimate of drug-likeness (QED) is 0.369. The molecule has 17 heavy (non-hydrogen) atoms. The molecule has 0 N–H and O–H groups in total. The molecular weight excluding hydrogens is 418 g/mol. The zero-order valence-corrected chi connectivity index (χ0v) is 16.1. The van der Waals surface area contributed by atoms with E-state index in [1.165, 1.54) is 22.3 Å². The predicted octanol–water partition coefficient (Wildman–Crippen LogP) is 5.01. The second-order valence-electron chi connectivity index (χ2n) is 3.79. The fourth-order valence-corrected chi connectivity index (χ4v) is 1.30.